The molecule has 2 heterocycles. The van der Waals surface area contributed by atoms with E-state index in [1.54, 1.807) is 11.3 Å². The summed E-state index contributed by atoms with van der Waals surface area (Å²) >= 11 is 5.13. The Morgan fingerprint density at radius 2 is 2.06 bits per heavy atom. The number of rotatable bonds is 4. The number of nitrogens with one attached hydrogen (secondary N) is 2. The second-order valence-corrected chi connectivity index (χ2v) is 5.51. The first kappa shape index (κ1) is 13.2. The first-order chi connectivity index (χ1) is 8.61. The molecule has 0 saturated carbocycles. The van der Waals surface area contributed by atoms with Crippen LogP contribution in [0.4, 0.5) is 11.6 Å². The Labute approximate surface area is 118 Å². The third-order valence-corrected chi connectivity index (χ3v) is 4.28. The average molecular weight is 328 g/mol. The van der Waals surface area contributed by atoms with Gasteiger partial charge in [0.1, 0.15) is 27.4 Å². The van der Waals surface area contributed by atoms with Crippen molar-refractivity contribution in [2.45, 2.75) is 19.9 Å². The molecule has 2 aromatic heterocycles. The summed E-state index contributed by atoms with van der Waals surface area (Å²) in [7, 11) is 1.82. The summed E-state index contributed by atoms with van der Waals surface area (Å²) < 4.78 is 0.827. The maximum absolute atomic E-state index is 4.46. The summed E-state index contributed by atoms with van der Waals surface area (Å²) in [4.78, 5) is 12.8. The monoisotopic (exact) mass is 327 g/mol. The summed E-state index contributed by atoms with van der Waals surface area (Å²) in [5.74, 6) is 1.52. The van der Waals surface area contributed by atoms with Crippen molar-refractivity contribution in [3.05, 3.63) is 26.9 Å². The number of anilines is 2. The van der Waals surface area contributed by atoms with Crippen LogP contribution in [0.25, 0.3) is 0 Å². The molecule has 18 heavy (non-hydrogen) atoms. The lowest BCUT2D eigenvalue weighted by Crippen LogP contribution is -2.09. The molecule has 0 amide bonds. The smallest absolute Gasteiger partial charge is 0.146 e. The van der Waals surface area contributed by atoms with Gasteiger partial charge in [0, 0.05) is 18.1 Å². The fourth-order valence-electron chi connectivity index (χ4n) is 1.48. The summed E-state index contributed by atoms with van der Waals surface area (Å²) in [6, 6.07) is 0.111. The lowest BCUT2D eigenvalue weighted by molar-refractivity contribution is 0.852. The summed E-state index contributed by atoms with van der Waals surface area (Å²) in [6.45, 7) is 4.05. The number of halogens is 1. The van der Waals surface area contributed by atoms with E-state index in [0.29, 0.717) is 0 Å². The van der Waals surface area contributed by atoms with Gasteiger partial charge >= 0.3 is 0 Å². The Morgan fingerprint density at radius 3 is 2.67 bits per heavy atom. The van der Waals surface area contributed by atoms with E-state index in [9.17, 15) is 0 Å². The van der Waals surface area contributed by atoms with Crippen LogP contribution in [0.15, 0.2) is 16.2 Å². The van der Waals surface area contributed by atoms with Gasteiger partial charge in [-0.05, 0) is 29.8 Å². The number of hydrogen-bond donors (Lipinski definition) is 2. The highest BCUT2D eigenvalue weighted by atomic mass is 79.9. The van der Waals surface area contributed by atoms with Crippen molar-refractivity contribution in [3.63, 3.8) is 0 Å². The van der Waals surface area contributed by atoms with Crippen molar-refractivity contribution in [2.24, 2.45) is 0 Å². The maximum Gasteiger partial charge on any atom is 0.146 e. The Balaban J connectivity index is 2.19. The van der Waals surface area contributed by atoms with E-state index in [4.69, 9.17) is 0 Å². The Bertz CT molecular complexity index is 542. The average Bonchev–Trinajstić information content (AvgIpc) is 2.78. The number of nitrogens with zero attached hydrogens (tertiary/aromatic N) is 3. The van der Waals surface area contributed by atoms with Gasteiger partial charge in [0.25, 0.3) is 0 Å². The van der Waals surface area contributed by atoms with Crippen molar-refractivity contribution in [2.75, 3.05) is 17.7 Å². The molecule has 96 valence electrons. The lowest BCUT2D eigenvalue weighted by Gasteiger charge is -2.14. The van der Waals surface area contributed by atoms with Gasteiger partial charge in [-0.2, -0.15) is 0 Å². The molecule has 0 bridgehead atoms. The van der Waals surface area contributed by atoms with E-state index >= 15 is 0 Å². The van der Waals surface area contributed by atoms with E-state index in [1.807, 2.05) is 19.4 Å². The number of hydrogen-bond acceptors (Lipinski definition) is 6. The van der Waals surface area contributed by atoms with Gasteiger partial charge in [0.05, 0.1) is 6.04 Å². The fraction of sp³-hybridized carbons (Fsp3) is 0.364. The van der Waals surface area contributed by atoms with Gasteiger partial charge in [-0.15, -0.1) is 11.3 Å². The Kier molecular flexibility index (Phi) is 4.13. The third kappa shape index (κ3) is 2.78. The van der Waals surface area contributed by atoms with E-state index in [0.717, 1.165) is 26.8 Å². The third-order valence-electron chi connectivity index (χ3n) is 2.39. The minimum Gasteiger partial charge on any atom is -0.372 e. The normalized spacial score (nSPS) is 12.2. The molecule has 0 spiro atoms. The summed E-state index contributed by atoms with van der Waals surface area (Å²) in [5.41, 5.74) is 1.04. The predicted octanol–water partition coefficient (Wildman–Crippen LogP) is 3.22. The molecule has 2 aromatic rings. The molecule has 1 atom stereocenters. The van der Waals surface area contributed by atoms with Crippen LogP contribution in [0.5, 0.6) is 0 Å². The van der Waals surface area contributed by atoms with Gasteiger partial charge in [-0.1, -0.05) is 0 Å². The van der Waals surface area contributed by atoms with Crippen LogP contribution in [0.1, 0.15) is 23.7 Å². The van der Waals surface area contributed by atoms with Crippen LogP contribution in [-0.2, 0) is 0 Å². The van der Waals surface area contributed by atoms with Crippen molar-refractivity contribution < 1.29 is 0 Å². The zero-order chi connectivity index (χ0) is 13.1. The van der Waals surface area contributed by atoms with E-state index in [2.05, 4.69) is 48.4 Å². The molecule has 0 aliphatic heterocycles. The zero-order valence-electron chi connectivity index (χ0n) is 10.4. The van der Waals surface area contributed by atoms with Crippen molar-refractivity contribution in [1.82, 2.24) is 15.0 Å². The van der Waals surface area contributed by atoms with Crippen molar-refractivity contribution in [1.29, 1.82) is 0 Å². The first-order valence-electron chi connectivity index (χ1n) is 5.48. The molecule has 0 aromatic carbocycles. The largest absolute Gasteiger partial charge is 0.372 e. The highest BCUT2D eigenvalue weighted by molar-refractivity contribution is 9.10. The molecule has 0 aliphatic carbocycles. The van der Waals surface area contributed by atoms with E-state index < -0.39 is 0 Å². The topological polar surface area (TPSA) is 62.7 Å². The van der Waals surface area contributed by atoms with E-state index in [1.165, 1.54) is 6.33 Å². The fourth-order valence-corrected chi connectivity index (χ4v) is 2.80. The minimum atomic E-state index is 0.111. The van der Waals surface area contributed by atoms with Crippen LogP contribution >= 0.6 is 27.3 Å². The molecule has 0 radical (unpaired) electrons. The van der Waals surface area contributed by atoms with Crippen molar-refractivity contribution in [3.8, 4) is 0 Å². The number of aryl methyl sites for hydroxylation is 1. The van der Waals surface area contributed by atoms with Crippen LogP contribution in [-0.4, -0.2) is 22.0 Å². The number of aromatic nitrogens is 3. The lowest BCUT2D eigenvalue weighted by atomic mass is 10.3. The Morgan fingerprint density at radius 1 is 1.33 bits per heavy atom. The van der Waals surface area contributed by atoms with Crippen LogP contribution in [0.2, 0.25) is 0 Å². The predicted molar refractivity (Wildman–Crippen MR) is 78.2 cm³/mol. The van der Waals surface area contributed by atoms with Gasteiger partial charge in [0.15, 0.2) is 0 Å². The molecule has 7 heteroatoms. The van der Waals surface area contributed by atoms with Gasteiger partial charge in [0.2, 0.25) is 0 Å². The van der Waals surface area contributed by atoms with Crippen molar-refractivity contribution >= 4 is 38.9 Å². The second kappa shape index (κ2) is 5.62. The highest BCUT2D eigenvalue weighted by Gasteiger charge is 2.13. The molecule has 0 saturated heterocycles. The molecule has 0 aliphatic rings. The van der Waals surface area contributed by atoms with Crippen LogP contribution in [0, 0.1) is 6.92 Å². The van der Waals surface area contributed by atoms with E-state index in [-0.39, 0.29) is 6.04 Å². The SMILES string of the molecule is CNc1ncnc(NC(C)c2nc(C)cs2)c1Br. The molecule has 2 N–H and O–H groups in total. The maximum atomic E-state index is 4.46. The second-order valence-electron chi connectivity index (χ2n) is 3.83. The highest BCUT2D eigenvalue weighted by Crippen LogP contribution is 2.29. The quantitative estimate of drug-likeness (QED) is 0.902. The number of thiazole rings is 1. The molecule has 0 fully saturated rings. The van der Waals surface area contributed by atoms with Crippen LogP contribution in [0.3, 0.4) is 0 Å². The zero-order valence-corrected chi connectivity index (χ0v) is 12.8. The first-order valence-corrected chi connectivity index (χ1v) is 7.16. The van der Waals surface area contributed by atoms with Gasteiger partial charge < -0.3 is 10.6 Å². The molecule has 5 nitrogen and oxygen atoms in total. The molecule has 1 unspecified atom stereocenters. The summed E-state index contributed by atoms with van der Waals surface area (Å²) in [6.07, 6.45) is 1.53. The van der Waals surface area contributed by atoms with Gasteiger partial charge in [-0.25, -0.2) is 15.0 Å². The molecule has 2 rings (SSSR count). The standard InChI is InChI=1S/C11H14BrN5S/c1-6-4-18-11(16-6)7(2)17-10-8(12)9(13-3)14-5-15-10/h4-5,7H,1-3H3,(H2,13,14,15,17). The van der Waals surface area contributed by atoms with Gasteiger partial charge in [-0.3, -0.25) is 0 Å². The summed E-state index contributed by atoms with van der Waals surface area (Å²) in [5, 5.41) is 9.41. The molecular formula is C11H14BrN5S. The molecular weight excluding hydrogens is 314 g/mol. The Hall–Kier alpha value is -1.21. The minimum absolute atomic E-state index is 0.111. The van der Waals surface area contributed by atoms with Crippen LogP contribution < -0.4 is 10.6 Å².